The van der Waals surface area contributed by atoms with Crippen LogP contribution in [0, 0.1) is 13.8 Å². The van der Waals surface area contributed by atoms with Crippen molar-refractivity contribution in [2.45, 2.75) is 32.1 Å². The van der Waals surface area contributed by atoms with Crippen LogP contribution in [0.25, 0.3) is 5.65 Å². The molecule has 28 heavy (non-hydrogen) atoms. The summed E-state index contributed by atoms with van der Waals surface area (Å²) in [5.41, 5.74) is 4.33. The molecule has 7 heteroatoms. The van der Waals surface area contributed by atoms with E-state index in [-0.39, 0.29) is 11.8 Å². The van der Waals surface area contributed by atoms with E-state index in [4.69, 9.17) is 0 Å². The first kappa shape index (κ1) is 16.9. The Morgan fingerprint density at radius 3 is 2.68 bits per heavy atom. The van der Waals surface area contributed by atoms with Gasteiger partial charge in [-0.2, -0.15) is 5.10 Å². The highest BCUT2D eigenvalue weighted by atomic mass is 16.2. The van der Waals surface area contributed by atoms with Crippen molar-refractivity contribution in [1.82, 2.24) is 19.5 Å². The molecule has 1 saturated heterocycles. The van der Waals surface area contributed by atoms with Crippen molar-refractivity contribution >= 4 is 23.1 Å². The summed E-state index contributed by atoms with van der Waals surface area (Å²) in [6, 6.07) is 11.5. The minimum atomic E-state index is -0.526. The topological polar surface area (TPSA) is 79.6 Å². The quantitative estimate of drug-likeness (QED) is 0.709. The summed E-state index contributed by atoms with van der Waals surface area (Å²) in [7, 11) is 0. The van der Waals surface area contributed by atoms with E-state index < -0.39 is 5.41 Å². The van der Waals surface area contributed by atoms with Gasteiger partial charge >= 0.3 is 0 Å². The molecule has 1 fully saturated rings. The highest BCUT2D eigenvalue weighted by Gasteiger charge is 2.48. The number of likely N-dealkylation sites (tertiary alicyclic amines) is 1. The predicted octanol–water partition coefficient (Wildman–Crippen LogP) is 2.47. The molecule has 0 radical (unpaired) electrons. The van der Waals surface area contributed by atoms with E-state index in [1.165, 1.54) is 0 Å². The Morgan fingerprint density at radius 2 is 1.89 bits per heavy atom. The molecule has 1 aromatic carbocycles. The van der Waals surface area contributed by atoms with Gasteiger partial charge in [0.1, 0.15) is 0 Å². The first-order valence-corrected chi connectivity index (χ1v) is 9.52. The van der Waals surface area contributed by atoms with Gasteiger partial charge < -0.3 is 10.2 Å². The maximum absolute atomic E-state index is 13.0. The zero-order valence-corrected chi connectivity index (χ0v) is 15.9. The number of carbonyl (C=O) groups is 2. The molecule has 5 rings (SSSR count). The lowest BCUT2D eigenvalue weighted by Crippen LogP contribution is -2.48. The number of nitrogens with one attached hydrogen (secondary N) is 1. The van der Waals surface area contributed by atoms with Crippen LogP contribution in [0.4, 0.5) is 5.69 Å². The molecule has 0 bridgehead atoms. The predicted molar refractivity (Wildman–Crippen MR) is 104 cm³/mol. The molecule has 142 valence electrons. The molecule has 4 heterocycles. The lowest BCUT2D eigenvalue weighted by Gasteiger charge is -2.37. The molecule has 2 amide bonds. The number of carbonyl (C=O) groups excluding carboxylic acids is 2. The van der Waals surface area contributed by atoms with E-state index in [0.29, 0.717) is 37.3 Å². The summed E-state index contributed by atoms with van der Waals surface area (Å²) in [5, 5.41) is 7.45. The average molecular weight is 375 g/mol. The van der Waals surface area contributed by atoms with Gasteiger partial charge in [0.05, 0.1) is 5.41 Å². The van der Waals surface area contributed by atoms with Crippen LogP contribution in [0.2, 0.25) is 0 Å². The molecule has 2 aliphatic heterocycles. The van der Waals surface area contributed by atoms with Gasteiger partial charge in [-0.15, -0.1) is 0 Å². The number of hydrogen-bond donors (Lipinski definition) is 1. The van der Waals surface area contributed by atoms with Crippen molar-refractivity contribution in [2.75, 3.05) is 18.4 Å². The third-order valence-electron chi connectivity index (χ3n) is 5.98. The number of nitrogens with zero attached hydrogens (tertiary/aromatic N) is 4. The van der Waals surface area contributed by atoms with Gasteiger partial charge in [0.2, 0.25) is 5.91 Å². The number of amides is 2. The fourth-order valence-electron chi connectivity index (χ4n) is 4.51. The first-order valence-electron chi connectivity index (χ1n) is 9.52. The van der Waals surface area contributed by atoms with Gasteiger partial charge in [0.25, 0.3) is 5.91 Å². The van der Waals surface area contributed by atoms with E-state index in [0.717, 1.165) is 22.6 Å². The number of para-hydroxylation sites is 1. The maximum Gasteiger partial charge on any atom is 0.274 e. The van der Waals surface area contributed by atoms with Crippen LogP contribution < -0.4 is 5.32 Å². The van der Waals surface area contributed by atoms with Gasteiger partial charge in [0, 0.05) is 36.2 Å². The minimum Gasteiger partial charge on any atom is -0.337 e. The molecule has 0 unspecified atom stereocenters. The van der Waals surface area contributed by atoms with E-state index in [9.17, 15) is 9.59 Å². The summed E-state index contributed by atoms with van der Waals surface area (Å²) < 4.78 is 1.70. The Morgan fingerprint density at radius 1 is 1.14 bits per heavy atom. The standard InChI is InChI=1S/C21H21N5O2/c1-13-11-14(2)26-18(22-13)12-17(24-26)19(27)25-9-7-21(8-10-25)15-5-3-4-6-16(15)23-20(21)28/h3-6,11-12H,7-10H2,1-2H3,(H,23,28). The lowest BCUT2D eigenvalue weighted by atomic mass is 9.73. The van der Waals surface area contributed by atoms with E-state index >= 15 is 0 Å². The lowest BCUT2D eigenvalue weighted by molar-refractivity contribution is -0.122. The highest BCUT2D eigenvalue weighted by Crippen LogP contribution is 2.44. The molecular formula is C21H21N5O2. The Balaban J connectivity index is 1.40. The number of rotatable bonds is 1. The van der Waals surface area contributed by atoms with Crippen molar-refractivity contribution in [3.8, 4) is 0 Å². The fraction of sp³-hybridized carbons (Fsp3) is 0.333. The molecule has 0 aliphatic carbocycles. The number of benzene rings is 1. The first-order chi connectivity index (χ1) is 13.5. The summed E-state index contributed by atoms with van der Waals surface area (Å²) in [6.45, 7) is 4.93. The number of fused-ring (bicyclic) bond motifs is 3. The van der Waals surface area contributed by atoms with Crippen molar-refractivity contribution in [3.63, 3.8) is 0 Å². The molecule has 0 atom stereocenters. The van der Waals surface area contributed by atoms with E-state index in [1.807, 2.05) is 44.2 Å². The fourth-order valence-corrected chi connectivity index (χ4v) is 4.51. The van der Waals surface area contributed by atoms with Crippen molar-refractivity contribution in [2.24, 2.45) is 0 Å². The van der Waals surface area contributed by atoms with Crippen molar-refractivity contribution in [1.29, 1.82) is 0 Å². The van der Waals surface area contributed by atoms with Gasteiger partial charge in [0.15, 0.2) is 11.3 Å². The third kappa shape index (κ3) is 2.35. The van der Waals surface area contributed by atoms with Crippen LogP contribution >= 0.6 is 0 Å². The second-order valence-corrected chi connectivity index (χ2v) is 7.71. The Bertz CT molecular complexity index is 1130. The number of aromatic nitrogens is 3. The van der Waals surface area contributed by atoms with Crippen LogP contribution in [0.3, 0.4) is 0 Å². The van der Waals surface area contributed by atoms with Crippen LogP contribution in [0.5, 0.6) is 0 Å². The highest BCUT2D eigenvalue weighted by molar-refractivity contribution is 6.06. The molecule has 2 aliphatic rings. The Labute approximate surface area is 162 Å². The molecule has 1 N–H and O–H groups in total. The maximum atomic E-state index is 13.0. The van der Waals surface area contributed by atoms with Crippen LogP contribution in [-0.4, -0.2) is 44.4 Å². The second kappa shape index (κ2) is 5.89. The molecule has 7 nitrogen and oxygen atoms in total. The van der Waals surface area contributed by atoms with Gasteiger partial charge in [-0.05, 0) is 44.4 Å². The van der Waals surface area contributed by atoms with Crippen LogP contribution in [0.1, 0.15) is 40.3 Å². The average Bonchev–Trinajstić information content (AvgIpc) is 3.22. The largest absolute Gasteiger partial charge is 0.337 e. The molecular weight excluding hydrogens is 354 g/mol. The number of anilines is 1. The van der Waals surface area contributed by atoms with E-state index in [1.54, 1.807) is 15.5 Å². The zero-order chi connectivity index (χ0) is 19.5. The second-order valence-electron chi connectivity index (χ2n) is 7.71. The van der Waals surface area contributed by atoms with Crippen molar-refractivity contribution < 1.29 is 9.59 Å². The molecule has 2 aromatic heterocycles. The molecule has 0 saturated carbocycles. The van der Waals surface area contributed by atoms with Gasteiger partial charge in [-0.3, -0.25) is 9.59 Å². The van der Waals surface area contributed by atoms with Gasteiger partial charge in [-0.1, -0.05) is 18.2 Å². The molecule has 3 aromatic rings. The van der Waals surface area contributed by atoms with Gasteiger partial charge in [-0.25, -0.2) is 9.50 Å². The Kier molecular flexibility index (Phi) is 3.56. The van der Waals surface area contributed by atoms with Crippen LogP contribution in [0.15, 0.2) is 36.4 Å². The summed E-state index contributed by atoms with van der Waals surface area (Å²) >= 11 is 0. The normalized spacial score (nSPS) is 17.8. The summed E-state index contributed by atoms with van der Waals surface area (Å²) in [6.07, 6.45) is 1.23. The summed E-state index contributed by atoms with van der Waals surface area (Å²) in [4.78, 5) is 32.0. The number of piperidine rings is 1. The number of aryl methyl sites for hydroxylation is 2. The monoisotopic (exact) mass is 375 g/mol. The third-order valence-corrected chi connectivity index (χ3v) is 5.98. The minimum absolute atomic E-state index is 0.0452. The smallest absolute Gasteiger partial charge is 0.274 e. The zero-order valence-electron chi connectivity index (χ0n) is 15.9. The van der Waals surface area contributed by atoms with E-state index in [2.05, 4.69) is 15.4 Å². The molecule has 1 spiro atoms. The van der Waals surface area contributed by atoms with Crippen molar-refractivity contribution in [3.05, 3.63) is 59.0 Å². The SMILES string of the molecule is Cc1cc(C)n2nc(C(=O)N3CCC4(CC3)C(=O)Nc3ccccc34)cc2n1. The van der Waals surface area contributed by atoms with Crippen LogP contribution in [-0.2, 0) is 10.2 Å². The summed E-state index contributed by atoms with van der Waals surface area (Å²) in [5.74, 6) is -0.0621. The Hall–Kier alpha value is -3.22. The number of hydrogen-bond acceptors (Lipinski definition) is 4.